The van der Waals surface area contributed by atoms with E-state index in [1.54, 1.807) is 12.1 Å². The number of nitrogens with zero attached hydrogens (tertiary/aromatic N) is 1. The zero-order chi connectivity index (χ0) is 15.3. The molecular formula is C14H16FN3O2S. The minimum atomic E-state index is -3.67. The molecule has 0 atom stereocenters. The van der Waals surface area contributed by atoms with Gasteiger partial charge in [0.15, 0.2) is 5.82 Å². The number of nitrogens with one attached hydrogen (secondary N) is 2. The Morgan fingerprint density at radius 2 is 1.81 bits per heavy atom. The molecule has 0 aliphatic rings. The molecule has 2 aromatic rings. The maximum atomic E-state index is 13.4. The zero-order valence-electron chi connectivity index (χ0n) is 11.5. The van der Waals surface area contributed by atoms with Crippen LogP contribution < -0.4 is 10.0 Å². The predicted molar refractivity (Wildman–Crippen MR) is 79.6 cm³/mol. The van der Waals surface area contributed by atoms with Crippen molar-refractivity contribution in [2.75, 3.05) is 11.8 Å². The Morgan fingerprint density at radius 3 is 2.43 bits per heavy atom. The average molecular weight is 309 g/mol. The molecule has 0 aliphatic carbocycles. The minimum absolute atomic E-state index is 0.100. The minimum Gasteiger partial charge on any atom is -0.316 e. The van der Waals surface area contributed by atoms with Gasteiger partial charge in [0.25, 0.3) is 0 Å². The fraction of sp³-hybridized carbons (Fsp3) is 0.214. The number of sulfonamides is 1. The Balaban J connectivity index is 2.09. The van der Waals surface area contributed by atoms with E-state index in [9.17, 15) is 12.8 Å². The van der Waals surface area contributed by atoms with Crippen molar-refractivity contribution in [2.24, 2.45) is 0 Å². The maximum absolute atomic E-state index is 13.4. The summed E-state index contributed by atoms with van der Waals surface area (Å²) in [4.78, 5) is 3.57. The summed E-state index contributed by atoms with van der Waals surface area (Å²) >= 11 is 0. The van der Waals surface area contributed by atoms with E-state index >= 15 is 0 Å². The van der Waals surface area contributed by atoms with Gasteiger partial charge in [-0.25, -0.2) is 12.8 Å². The normalized spacial score (nSPS) is 11.3. The highest BCUT2D eigenvalue weighted by Crippen LogP contribution is 2.15. The summed E-state index contributed by atoms with van der Waals surface area (Å²) in [6, 6.07) is 8.48. The summed E-state index contributed by atoms with van der Waals surface area (Å²) in [6.45, 7) is 0.716. The molecule has 0 saturated carbocycles. The Labute approximate surface area is 123 Å². The largest absolute Gasteiger partial charge is 0.316 e. The van der Waals surface area contributed by atoms with Gasteiger partial charge < -0.3 is 5.32 Å². The number of rotatable bonds is 6. The molecular weight excluding hydrogens is 293 g/mol. The summed E-state index contributed by atoms with van der Waals surface area (Å²) in [7, 11) is -1.83. The molecule has 0 unspecified atom stereocenters. The molecule has 0 aliphatic heterocycles. The van der Waals surface area contributed by atoms with E-state index in [1.165, 1.54) is 12.3 Å². The highest BCUT2D eigenvalue weighted by Gasteiger charge is 2.14. The Kier molecular flexibility index (Phi) is 4.87. The number of hydrogen-bond acceptors (Lipinski definition) is 4. The summed E-state index contributed by atoms with van der Waals surface area (Å²) in [6.07, 6.45) is 2.29. The fourth-order valence-corrected chi connectivity index (χ4v) is 3.04. The highest BCUT2D eigenvalue weighted by molar-refractivity contribution is 7.91. The third kappa shape index (κ3) is 4.51. The molecule has 0 spiro atoms. The van der Waals surface area contributed by atoms with Crippen molar-refractivity contribution in [3.05, 3.63) is 59.7 Å². The molecule has 112 valence electrons. The fourth-order valence-electron chi connectivity index (χ4n) is 1.84. The molecule has 2 N–H and O–H groups in total. The molecule has 0 bridgehead atoms. The molecule has 1 aromatic heterocycles. The monoisotopic (exact) mass is 309 g/mol. The molecule has 0 saturated heterocycles. The number of pyridine rings is 1. The van der Waals surface area contributed by atoms with E-state index in [1.807, 2.05) is 19.2 Å². The van der Waals surface area contributed by atoms with Gasteiger partial charge in [-0.1, -0.05) is 24.3 Å². The lowest BCUT2D eigenvalue weighted by atomic mass is 10.1. The summed E-state index contributed by atoms with van der Waals surface area (Å²) in [5.41, 5.74) is 1.60. The van der Waals surface area contributed by atoms with Gasteiger partial charge in [-0.15, -0.1) is 0 Å². The molecule has 0 fully saturated rings. The van der Waals surface area contributed by atoms with Crippen LogP contribution in [0.4, 0.5) is 10.1 Å². The first kappa shape index (κ1) is 15.4. The Morgan fingerprint density at radius 1 is 1.14 bits per heavy atom. The lowest BCUT2D eigenvalue weighted by molar-refractivity contribution is 0.597. The summed E-state index contributed by atoms with van der Waals surface area (Å²) < 4.78 is 39.7. The van der Waals surface area contributed by atoms with Gasteiger partial charge in [0.05, 0.1) is 17.6 Å². The van der Waals surface area contributed by atoms with Crippen LogP contribution in [-0.4, -0.2) is 20.4 Å². The third-order valence-electron chi connectivity index (χ3n) is 2.80. The van der Waals surface area contributed by atoms with Crippen molar-refractivity contribution in [1.82, 2.24) is 10.3 Å². The zero-order valence-corrected chi connectivity index (χ0v) is 12.3. The molecule has 1 aromatic carbocycles. The standard InChI is InChI=1S/C14H16FN3O2S/c1-16-8-11-2-4-12(5-3-11)10-21(19,20)18-14-6-7-17-9-13(14)15/h2-7,9,16H,8,10H2,1H3,(H,17,18). The van der Waals surface area contributed by atoms with Crippen molar-refractivity contribution in [3.63, 3.8) is 0 Å². The molecule has 0 amide bonds. The van der Waals surface area contributed by atoms with Gasteiger partial charge >= 0.3 is 0 Å². The van der Waals surface area contributed by atoms with E-state index in [4.69, 9.17) is 0 Å². The average Bonchev–Trinajstić information content (AvgIpc) is 2.43. The lowest BCUT2D eigenvalue weighted by Gasteiger charge is -2.09. The van der Waals surface area contributed by atoms with Crippen LogP contribution in [-0.2, 0) is 22.3 Å². The van der Waals surface area contributed by atoms with Crippen LogP contribution in [0, 0.1) is 5.82 Å². The van der Waals surface area contributed by atoms with Gasteiger partial charge in [-0.2, -0.15) is 0 Å². The predicted octanol–water partition coefficient (Wildman–Crippen LogP) is 1.88. The summed E-state index contributed by atoms with van der Waals surface area (Å²) in [5, 5.41) is 3.01. The van der Waals surface area contributed by atoms with Crippen molar-refractivity contribution in [1.29, 1.82) is 0 Å². The van der Waals surface area contributed by atoms with Crippen LogP contribution in [0.3, 0.4) is 0 Å². The van der Waals surface area contributed by atoms with Gasteiger partial charge in [-0.05, 0) is 24.2 Å². The van der Waals surface area contributed by atoms with E-state index in [0.29, 0.717) is 12.1 Å². The van der Waals surface area contributed by atoms with Crippen LogP contribution in [0.2, 0.25) is 0 Å². The first-order chi connectivity index (χ1) is 10.00. The quantitative estimate of drug-likeness (QED) is 0.855. The smallest absolute Gasteiger partial charge is 0.237 e. The van der Waals surface area contributed by atoms with Gasteiger partial charge in [-0.3, -0.25) is 9.71 Å². The number of halogens is 1. The second-order valence-corrected chi connectivity index (χ2v) is 6.29. The SMILES string of the molecule is CNCc1ccc(CS(=O)(=O)Nc2ccncc2F)cc1. The molecule has 21 heavy (non-hydrogen) atoms. The van der Waals surface area contributed by atoms with Crippen LogP contribution in [0.15, 0.2) is 42.7 Å². The van der Waals surface area contributed by atoms with E-state index in [-0.39, 0.29) is 11.4 Å². The van der Waals surface area contributed by atoms with Crippen molar-refractivity contribution in [3.8, 4) is 0 Å². The second-order valence-electron chi connectivity index (χ2n) is 4.56. The van der Waals surface area contributed by atoms with Crippen LogP contribution in [0.1, 0.15) is 11.1 Å². The number of benzene rings is 1. The number of anilines is 1. The third-order valence-corrected chi connectivity index (χ3v) is 4.04. The molecule has 2 rings (SSSR count). The first-order valence-electron chi connectivity index (χ1n) is 6.32. The molecule has 7 heteroatoms. The van der Waals surface area contributed by atoms with Gasteiger partial charge in [0.1, 0.15) is 0 Å². The van der Waals surface area contributed by atoms with Crippen LogP contribution in [0.25, 0.3) is 0 Å². The van der Waals surface area contributed by atoms with E-state index < -0.39 is 15.8 Å². The Hall–Kier alpha value is -1.99. The highest BCUT2D eigenvalue weighted by atomic mass is 32.2. The first-order valence-corrected chi connectivity index (χ1v) is 7.98. The Bertz CT molecular complexity index is 702. The number of hydrogen-bond donors (Lipinski definition) is 2. The van der Waals surface area contributed by atoms with Gasteiger partial charge in [0.2, 0.25) is 10.0 Å². The molecule has 0 radical (unpaired) electrons. The van der Waals surface area contributed by atoms with Crippen molar-refractivity contribution in [2.45, 2.75) is 12.3 Å². The second kappa shape index (κ2) is 6.64. The van der Waals surface area contributed by atoms with Crippen LogP contribution >= 0.6 is 0 Å². The number of aromatic nitrogens is 1. The maximum Gasteiger partial charge on any atom is 0.237 e. The lowest BCUT2D eigenvalue weighted by Crippen LogP contribution is -2.16. The van der Waals surface area contributed by atoms with Gasteiger partial charge in [0, 0.05) is 12.7 Å². The van der Waals surface area contributed by atoms with Crippen molar-refractivity contribution >= 4 is 15.7 Å². The van der Waals surface area contributed by atoms with Crippen molar-refractivity contribution < 1.29 is 12.8 Å². The molecule has 5 nitrogen and oxygen atoms in total. The van der Waals surface area contributed by atoms with Crippen LogP contribution in [0.5, 0.6) is 0 Å². The summed E-state index contributed by atoms with van der Waals surface area (Å²) in [5.74, 6) is -0.917. The van der Waals surface area contributed by atoms with E-state index in [0.717, 1.165) is 11.8 Å². The molecule has 1 heterocycles. The topological polar surface area (TPSA) is 71.1 Å². The van der Waals surface area contributed by atoms with E-state index in [2.05, 4.69) is 15.0 Å².